The molecule has 0 amide bonds. The van der Waals surface area contributed by atoms with Crippen LogP contribution in [0, 0.1) is 6.92 Å². The summed E-state index contributed by atoms with van der Waals surface area (Å²) in [5.74, 6) is 1.20. The van der Waals surface area contributed by atoms with E-state index in [9.17, 15) is 0 Å². The third-order valence-corrected chi connectivity index (χ3v) is 3.00. The zero-order valence-electron chi connectivity index (χ0n) is 9.14. The van der Waals surface area contributed by atoms with Crippen molar-refractivity contribution in [2.24, 2.45) is 0 Å². The summed E-state index contributed by atoms with van der Waals surface area (Å²) in [6.45, 7) is 4.33. The Morgan fingerprint density at radius 2 is 2.29 bits per heavy atom. The number of likely N-dealkylation sites (N-methyl/N-ethyl adjacent to an activating group) is 1. The molecule has 0 spiro atoms. The predicted octanol–water partition coefficient (Wildman–Crippen LogP) is 1.29. The van der Waals surface area contributed by atoms with Crippen molar-refractivity contribution in [1.29, 1.82) is 0 Å². The molecule has 1 aliphatic heterocycles. The van der Waals surface area contributed by atoms with Gasteiger partial charge in [0.15, 0.2) is 0 Å². The van der Waals surface area contributed by atoms with Gasteiger partial charge in [0.25, 0.3) is 0 Å². The average Bonchev–Trinajstić information content (AvgIpc) is 2.54. The van der Waals surface area contributed by atoms with E-state index in [4.69, 9.17) is 0 Å². The molecule has 0 unspecified atom stereocenters. The Balaban J connectivity index is 2.23. The van der Waals surface area contributed by atoms with Crippen molar-refractivity contribution in [3.8, 4) is 0 Å². The van der Waals surface area contributed by atoms with Crippen molar-refractivity contribution in [3.05, 3.63) is 17.2 Å². The molecule has 3 heteroatoms. The van der Waals surface area contributed by atoms with Gasteiger partial charge >= 0.3 is 0 Å². The van der Waals surface area contributed by atoms with Crippen LogP contribution in [-0.4, -0.2) is 23.1 Å². The molecule has 0 saturated heterocycles. The van der Waals surface area contributed by atoms with Crippen molar-refractivity contribution in [2.75, 3.05) is 13.6 Å². The van der Waals surface area contributed by atoms with Crippen molar-refractivity contribution >= 4 is 0 Å². The maximum atomic E-state index is 4.65. The van der Waals surface area contributed by atoms with E-state index in [1.165, 1.54) is 43.0 Å². The first-order valence-electron chi connectivity index (χ1n) is 5.52. The number of fused-ring (bicyclic) bond motifs is 1. The average molecular weight is 193 g/mol. The van der Waals surface area contributed by atoms with Gasteiger partial charge in [-0.05, 0) is 33.2 Å². The second-order valence-corrected chi connectivity index (χ2v) is 4.01. The molecule has 0 fully saturated rings. The molecular formula is C11H19N3. The third kappa shape index (κ3) is 1.69. The van der Waals surface area contributed by atoms with Crippen LogP contribution in [0.1, 0.15) is 30.1 Å². The molecule has 78 valence electrons. The van der Waals surface area contributed by atoms with Gasteiger partial charge in [0, 0.05) is 25.2 Å². The second-order valence-electron chi connectivity index (χ2n) is 4.01. The zero-order valence-corrected chi connectivity index (χ0v) is 9.14. The Morgan fingerprint density at radius 3 is 3.07 bits per heavy atom. The smallest absolute Gasteiger partial charge is 0.106 e. The first-order chi connectivity index (χ1) is 6.83. The number of aryl methyl sites for hydroxylation is 1. The Kier molecular flexibility index (Phi) is 2.87. The highest BCUT2D eigenvalue weighted by Gasteiger charge is 2.16. The number of nitrogens with zero attached hydrogens (tertiary/aromatic N) is 2. The summed E-state index contributed by atoms with van der Waals surface area (Å²) in [6.07, 6.45) is 4.94. The van der Waals surface area contributed by atoms with Crippen LogP contribution in [0.2, 0.25) is 0 Å². The minimum absolute atomic E-state index is 1.03. The number of nitrogens with one attached hydrogen (secondary N) is 1. The summed E-state index contributed by atoms with van der Waals surface area (Å²) in [4.78, 5) is 4.65. The van der Waals surface area contributed by atoms with E-state index < -0.39 is 0 Å². The SMILES string of the molecule is CNCCc1nc(C)n2c1CCCC2. The van der Waals surface area contributed by atoms with E-state index in [-0.39, 0.29) is 0 Å². The predicted molar refractivity (Wildman–Crippen MR) is 57.5 cm³/mol. The van der Waals surface area contributed by atoms with Crippen LogP contribution in [0.5, 0.6) is 0 Å². The van der Waals surface area contributed by atoms with E-state index in [0.717, 1.165) is 13.0 Å². The Hall–Kier alpha value is -0.830. The molecule has 3 nitrogen and oxygen atoms in total. The summed E-state index contributed by atoms with van der Waals surface area (Å²) >= 11 is 0. The largest absolute Gasteiger partial charge is 0.332 e. The first-order valence-corrected chi connectivity index (χ1v) is 5.52. The summed E-state index contributed by atoms with van der Waals surface area (Å²) in [5.41, 5.74) is 2.81. The van der Waals surface area contributed by atoms with Crippen LogP contribution < -0.4 is 5.32 Å². The molecule has 1 aliphatic rings. The van der Waals surface area contributed by atoms with Crippen molar-refractivity contribution in [2.45, 2.75) is 39.2 Å². The molecule has 0 aliphatic carbocycles. The molecule has 1 aromatic rings. The van der Waals surface area contributed by atoms with E-state index in [2.05, 4.69) is 21.8 Å². The van der Waals surface area contributed by atoms with Crippen LogP contribution in [0.25, 0.3) is 0 Å². The van der Waals surface area contributed by atoms with Gasteiger partial charge in [0.1, 0.15) is 5.82 Å². The van der Waals surface area contributed by atoms with Crippen LogP contribution in [0.3, 0.4) is 0 Å². The number of imidazole rings is 1. The van der Waals surface area contributed by atoms with Gasteiger partial charge in [0.05, 0.1) is 5.69 Å². The number of rotatable bonds is 3. The molecule has 14 heavy (non-hydrogen) atoms. The molecule has 0 bridgehead atoms. The molecule has 2 heterocycles. The fraction of sp³-hybridized carbons (Fsp3) is 0.727. The highest BCUT2D eigenvalue weighted by atomic mass is 15.1. The van der Waals surface area contributed by atoms with Gasteiger partial charge < -0.3 is 9.88 Å². The quantitative estimate of drug-likeness (QED) is 0.784. The van der Waals surface area contributed by atoms with Crippen LogP contribution in [0.4, 0.5) is 0 Å². The highest BCUT2D eigenvalue weighted by Crippen LogP contribution is 2.20. The summed E-state index contributed by atoms with van der Waals surface area (Å²) < 4.78 is 2.40. The monoisotopic (exact) mass is 193 g/mol. The zero-order chi connectivity index (χ0) is 9.97. The minimum atomic E-state index is 1.03. The topological polar surface area (TPSA) is 29.9 Å². The normalized spacial score (nSPS) is 15.6. The molecule has 1 aromatic heterocycles. The second kappa shape index (κ2) is 4.13. The standard InChI is InChI=1S/C11H19N3/c1-9-13-10(6-7-12-2)11-5-3-4-8-14(9)11/h12H,3-8H2,1-2H3. The van der Waals surface area contributed by atoms with Gasteiger partial charge in [0.2, 0.25) is 0 Å². The van der Waals surface area contributed by atoms with Gasteiger partial charge in [-0.2, -0.15) is 0 Å². The molecule has 0 atom stereocenters. The van der Waals surface area contributed by atoms with Gasteiger partial charge in [-0.1, -0.05) is 0 Å². The fourth-order valence-corrected chi connectivity index (χ4v) is 2.25. The molecule has 0 radical (unpaired) electrons. The lowest BCUT2D eigenvalue weighted by Gasteiger charge is -2.16. The molecule has 0 saturated carbocycles. The lowest BCUT2D eigenvalue weighted by molar-refractivity contribution is 0.519. The summed E-state index contributed by atoms with van der Waals surface area (Å²) in [7, 11) is 2.00. The van der Waals surface area contributed by atoms with Crippen molar-refractivity contribution in [3.63, 3.8) is 0 Å². The van der Waals surface area contributed by atoms with E-state index in [1.807, 2.05) is 7.05 Å². The Labute approximate surface area is 85.5 Å². The van der Waals surface area contributed by atoms with E-state index >= 15 is 0 Å². The third-order valence-electron chi connectivity index (χ3n) is 3.00. The van der Waals surface area contributed by atoms with Crippen molar-refractivity contribution in [1.82, 2.24) is 14.9 Å². The lowest BCUT2D eigenvalue weighted by Crippen LogP contribution is -2.15. The van der Waals surface area contributed by atoms with Crippen LogP contribution in [-0.2, 0) is 19.4 Å². The van der Waals surface area contributed by atoms with Gasteiger partial charge in [-0.25, -0.2) is 4.98 Å². The van der Waals surface area contributed by atoms with E-state index in [0.29, 0.717) is 0 Å². The first kappa shape index (κ1) is 9.71. The molecule has 0 aromatic carbocycles. The van der Waals surface area contributed by atoms with E-state index in [1.54, 1.807) is 0 Å². The van der Waals surface area contributed by atoms with Gasteiger partial charge in [-0.3, -0.25) is 0 Å². The van der Waals surface area contributed by atoms with Crippen LogP contribution in [0.15, 0.2) is 0 Å². The minimum Gasteiger partial charge on any atom is -0.332 e. The molecular weight excluding hydrogens is 174 g/mol. The number of hydrogen-bond donors (Lipinski definition) is 1. The number of aromatic nitrogens is 2. The maximum Gasteiger partial charge on any atom is 0.106 e. The van der Waals surface area contributed by atoms with Crippen LogP contribution >= 0.6 is 0 Å². The van der Waals surface area contributed by atoms with Crippen molar-refractivity contribution < 1.29 is 0 Å². The fourth-order valence-electron chi connectivity index (χ4n) is 2.25. The Bertz CT molecular complexity index is 315. The lowest BCUT2D eigenvalue weighted by atomic mass is 10.1. The number of hydrogen-bond acceptors (Lipinski definition) is 2. The molecule has 1 N–H and O–H groups in total. The maximum absolute atomic E-state index is 4.65. The summed E-state index contributed by atoms with van der Waals surface area (Å²) in [6, 6.07) is 0. The highest BCUT2D eigenvalue weighted by molar-refractivity contribution is 5.19. The van der Waals surface area contributed by atoms with Gasteiger partial charge in [-0.15, -0.1) is 0 Å². The Morgan fingerprint density at radius 1 is 1.43 bits per heavy atom. The molecule has 2 rings (SSSR count). The summed E-state index contributed by atoms with van der Waals surface area (Å²) in [5, 5.41) is 3.18.